The topological polar surface area (TPSA) is 30.2 Å². The van der Waals surface area contributed by atoms with Gasteiger partial charge >= 0.3 is 0 Å². The van der Waals surface area contributed by atoms with E-state index in [1.54, 1.807) is 0 Å². The molecule has 4 rings (SSSR count). The van der Waals surface area contributed by atoms with Gasteiger partial charge in [0.25, 0.3) is 0 Å². The van der Waals surface area contributed by atoms with Gasteiger partial charge in [-0.05, 0) is 17.2 Å². The Kier molecular flexibility index (Phi) is 4.03. The van der Waals surface area contributed by atoms with Crippen molar-refractivity contribution in [3.63, 3.8) is 0 Å². The molecule has 2 heterocycles. The molecular weight excluding hydrogens is 348 g/mol. The Labute approximate surface area is 145 Å². The zero-order valence-corrected chi connectivity index (χ0v) is 14.0. The lowest BCUT2D eigenvalue weighted by molar-refractivity contribution is 0.576. The molecule has 120 valence electrons. The van der Waals surface area contributed by atoms with Crippen molar-refractivity contribution < 1.29 is 8.78 Å². The Morgan fingerprint density at radius 2 is 1.88 bits per heavy atom. The predicted octanol–water partition coefficient (Wildman–Crippen LogP) is 5.03. The number of rotatable bonds is 4. The second-order valence-corrected chi connectivity index (χ2v) is 6.89. The van der Waals surface area contributed by atoms with Crippen molar-refractivity contribution in [3.8, 4) is 11.3 Å². The van der Waals surface area contributed by atoms with Crippen molar-refractivity contribution in [2.45, 2.75) is 10.9 Å². The number of fused-ring (bicyclic) bond motifs is 1. The van der Waals surface area contributed by atoms with Crippen molar-refractivity contribution in [3.05, 3.63) is 71.1 Å². The van der Waals surface area contributed by atoms with Gasteiger partial charge in [0.15, 0.2) is 5.16 Å². The maximum absolute atomic E-state index is 13.8. The van der Waals surface area contributed by atoms with E-state index >= 15 is 0 Å². The first-order valence-corrected chi connectivity index (χ1v) is 9.03. The van der Waals surface area contributed by atoms with Crippen LogP contribution in [0.5, 0.6) is 0 Å². The van der Waals surface area contributed by atoms with Gasteiger partial charge in [0.1, 0.15) is 11.6 Å². The molecule has 0 spiro atoms. The molecule has 0 fully saturated rings. The van der Waals surface area contributed by atoms with Gasteiger partial charge in [-0.1, -0.05) is 48.2 Å². The minimum absolute atomic E-state index is 0.358. The fourth-order valence-electron chi connectivity index (χ4n) is 2.38. The molecule has 0 saturated heterocycles. The third-order valence-corrected chi connectivity index (χ3v) is 5.36. The van der Waals surface area contributed by atoms with Crippen LogP contribution in [0.1, 0.15) is 5.56 Å². The standard InChI is InChI=1S/C17H11F2N3S2/c18-13-7-6-12(14(19)8-13)9-23-16-20-21-17-22(16)15(10-24-17)11-4-2-1-3-5-11/h1-8,10H,9H2. The molecule has 7 heteroatoms. The van der Waals surface area contributed by atoms with Crippen molar-refractivity contribution in [1.29, 1.82) is 0 Å². The van der Waals surface area contributed by atoms with Crippen molar-refractivity contribution in [2.24, 2.45) is 0 Å². The van der Waals surface area contributed by atoms with Crippen molar-refractivity contribution in [1.82, 2.24) is 14.6 Å². The fraction of sp³-hybridized carbons (Fsp3) is 0.0588. The van der Waals surface area contributed by atoms with Crippen LogP contribution in [0.3, 0.4) is 0 Å². The summed E-state index contributed by atoms with van der Waals surface area (Å²) < 4.78 is 28.7. The molecule has 2 aromatic heterocycles. The van der Waals surface area contributed by atoms with Crippen LogP contribution in [0.15, 0.2) is 59.1 Å². The lowest BCUT2D eigenvalue weighted by Gasteiger charge is -2.04. The van der Waals surface area contributed by atoms with Gasteiger partial charge in [-0.15, -0.1) is 21.5 Å². The zero-order chi connectivity index (χ0) is 16.5. The number of thiazole rings is 1. The monoisotopic (exact) mass is 359 g/mol. The highest BCUT2D eigenvalue weighted by Crippen LogP contribution is 2.31. The average Bonchev–Trinajstić information content (AvgIpc) is 3.17. The largest absolute Gasteiger partial charge is 0.260 e. The van der Waals surface area contributed by atoms with E-state index in [9.17, 15) is 8.78 Å². The third kappa shape index (κ3) is 2.81. The van der Waals surface area contributed by atoms with E-state index in [0.717, 1.165) is 22.3 Å². The van der Waals surface area contributed by atoms with Gasteiger partial charge < -0.3 is 0 Å². The first-order valence-electron chi connectivity index (χ1n) is 7.17. The SMILES string of the molecule is Fc1ccc(CSc2nnc3scc(-c4ccccc4)n23)c(F)c1. The van der Waals surface area contributed by atoms with Gasteiger partial charge in [0, 0.05) is 17.2 Å². The van der Waals surface area contributed by atoms with Crippen LogP contribution in [-0.4, -0.2) is 14.6 Å². The minimum atomic E-state index is -0.574. The number of hydrogen-bond donors (Lipinski definition) is 0. The quantitative estimate of drug-likeness (QED) is 0.479. The molecule has 0 amide bonds. The van der Waals surface area contributed by atoms with Crippen LogP contribution in [-0.2, 0) is 5.75 Å². The second-order valence-electron chi connectivity index (χ2n) is 5.11. The Morgan fingerprint density at radius 1 is 1.04 bits per heavy atom. The van der Waals surface area contributed by atoms with Crippen LogP contribution >= 0.6 is 23.1 Å². The van der Waals surface area contributed by atoms with Gasteiger partial charge in [-0.3, -0.25) is 4.40 Å². The molecule has 0 saturated carbocycles. The molecule has 24 heavy (non-hydrogen) atoms. The molecule has 0 radical (unpaired) electrons. The summed E-state index contributed by atoms with van der Waals surface area (Å²) in [5.41, 5.74) is 2.51. The second kappa shape index (κ2) is 6.33. The summed E-state index contributed by atoms with van der Waals surface area (Å²) in [4.78, 5) is 0.788. The van der Waals surface area contributed by atoms with E-state index in [2.05, 4.69) is 10.2 Å². The summed E-state index contributed by atoms with van der Waals surface area (Å²) in [5, 5.41) is 11.1. The number of nitrogens with zero attached hydrogens (tertiary/aromatic N) is 3. The zero-order valence-electron chi connectivity index (χ0n) is 12.3. The summed E-state index contributed by atoms with van der Waals surface area (Å²) in [6, 6.07) is 13.6. The van der Waals surface area contributed by atoms with Crippen molar-refractivity contribution in [2.75, 3.05) is 0 Å². The van der Waals surface area contributed by atoms with Gasteiger partial charge in [0.05, 0.1) is 5.69 Å². The van der Waals surface area contributed by atoms with Crippen LogP contribution in [0.2, 0.25) is 0 Å². The molecule has 0 aliphatic heterocycles. The Hall–Kier alpha value is -2.25. The Morgan fingerprint density at radius 3 is 2.67 bits per heavy atom. The number of halogens is 2. The number of benzene rings is 2. The highest BCUT2D eigenvalue weighted by molar-refractivity contribution is 7.98. The van der Waals surface area contributed by atoms with Gasteiger partial charge in [-0.2, -0.15) is 0 Å². The van der Waals surface area contributed by atoms with Gasteiger partial charge in [-0.25, -0.2) is 8.78 Å². The maximum Gasteiger partial charge on any atom is 0.217 e. The van der Waals surface area contributed by atoms with E-state index in [0.29, 0.717) is 16.5 Å². The lowest BCUT2D eigenvalue weighted by atomic mass is 10.2. The normalized spacial score (nSPS) is 11.2. The van der Waals surface area contributed by atoms with E-state index in [1.165, 1.54) is 35.2 Å². The van der Waals surface area contributed by atoms with Gasteiger partial charge in [0.2, 0.25) is 4.96 Å². The first kappa shape index (κ1) is 15.3. The molecule has 0 atom stereocenters. The maximum atomic E-state index is 13.8. The highest BCUT2D eigenvalue weighted by Gasteiger charge is 2.14. The van der Waals surface area contributed by atoms with Crippen LogP contribution < -0.4 is 0 Å². The fourth-order valence-corrected chi connectivity index (χ4v) is 4.21. The van der Waals surface area contributed by atoms with E-state index in [4.69, 9.17) is 0 Å². The van der Waals surface area contributed by atoms with Crippen LogP contribution in [0, 0.1) is 11.6 Å². The number of aromatic nitrogens is 3. The molecule has 2 aromatic carbocycles. The molecule has 0 aliphatic carbocycles. The molecule has 0 bridgehead atoms. The number of hydrogen-bond acceptors (Lipinski definition) is 4. The Balaban J connectivity index is 1.66. The smallest absolute Gasteiger partial charge is 0.217 e. The summed E-state index contributed by atoms with van der Waals surface area (Å²) >= 11 is 2.89. The number of thioether (sulfide) groups is 1. The molecule has 0 aliphatic rings. The van der Waals surface area contributed by atoms with E-state index in [1.807, 2.05) is 40.1 Å². The predicted molar refractivity (Wildman–Crippen MR) is 92.2 cm³/mol. The molecule has 0 N–H and O–H groups in total. The van der Waals surface area contributed by atoms with Crippen molar-refractivity contribution >= 4 is 28.1 Å². The van der Waals surface area contributed by atoms with E-state index in [-0.39, 0.29) is 0 Å². The summed E-state index contributed by atoms with van der Waals surface area (Å²) in [6.45, 7) is 0. The summed E-state index contributed by atoms with van der Waals surface area (Å²) in [6.07, 6.45) is 0. The molecular formula is C17H11F2N3S2. The summed E-state index contributed by atoms with van der Waals surface area (Å²) in [5.74, 6) is -0.760. The van der Waals surface area contributed by atoms with E-state index < -0.39 is 11.6 Å². The lowest BCUT2D eigenvalue weighted by Crippen LogP contribution is -1.92. The first-order chi connectivity index (χ1) is 11.7. The molecule has 4 aromatic rings. The Bertz CT molecular complexity index is 996. The molecule has 3 nitrogen and oxygen atoms in total. The minimum Gasteiger partial charge on any atom is -0.260 e. The van der Waals surface area contributed by atoms with Crippen LogP contribution in [0.25, 0.3) is 16.2 Å². The van der Waals surface area contributed by atoms with Crippen LogP contribution in [0.4, 0.5) is 8.78 Å². The summed E-state index contributed by atoms with van der Waals surface area (Å²) in [7, 11) is 0. The highest BCUT2D eigenvalue weighted by atomic mass is 32.2. The average molecular weight is 359 g/mol. The third-order valence-electron chi connectivity index (χ3n) is 3.56. The molecule has 0 unspecified atom stereocenters.